The Morgan fingerprint density at radius 3 is 2.24 bits per heavy atom. The van der Waals surface area contributed by atoms with E-state index in [1.165, 1.54) is 24.3 Å². The number of ether oxygens (including phenoxy) is 2. The number of esters is 1. The number of hydrogen-bond donors (Lipinski definition) is 1. The summed E-state index contributed by atoms with van der Waals surface area (Å²) in [6.45, 7) is 5.19. The maximum absolute atomic E-state index is 12.7. The predicted molar refractivity (Wildman–Crippen MR) is 113 cm³/mol. The molecule has 8 nitrogen and oxygen atoms in total. The maximum Gasteiger partial charge on any atom is 0.416 e. The second-order valence-electron chi connectivity index (χ2n) is 8.22. The van der Waals surface area contributed by atoms with Gasteiger partial charge >= 0.3 is 18.2 Å². The highest BCUT2D eigenvalue weighted by molar-refractivity contribution is 5.89. The number of hydrogen-bond acceptors (Lipinski definition) is 7. The molecular formula is C23H22F3N3O5. The van der Waals surface area contributed by atoms with Crippen molar-refractivity contribution in [1.82, 2.24) is 15.5 Å². The molecule has 1 aromatic heterocycles. The molecule has 0 bridgehead atoms. The van der Waals surface area contributed by atoms with Crippen LogP contribution >= 0.6 is 0 Å². The summed E-state index contributed by atoms with van der Waals surface area (Å²) >= 11 is 0. The van der Waals surface area contributed by atoms with Crippen LogP contribution in [0.5, 0.6) is 0 Å². The van der Waals surface area contributed by atoms with E-state index in [4.69, 9.17) is 14.0 Å². The van der Waals surface area contributed by atoms with Gasteiger partial charge in [-0.1, -0.05) is 29.4 Å². The average molecular weight is 477 g/mol. The standard InChI is InChI=1S/C23H22F3N3O5/c1-22(2,3)33-21(31)27-12-14-4-6-16(7-5-14)20(30)32-13-18-28-19(29-34-18)15-8-10-17(11-9-15)23(24,25)26/h4-11H,12-13H2,1-3H3,(H,27,31). The normalized spacial score (nSPS) is 11.7. The number of benzene rings is 2. The second-order valence-corrected chi connectivity index (χ2v) is 8.22. The van der Waals surface area contributed by atoms with Gasteiger partial charge in [-0.3, -0.25) is 0 Å². The van der Waals surface area contributed by atoms with E-state index in [1.807, 2.05) is 0 Å². The van der Waals surface area contributed by atoms with Crippen molar-refractivity contribution in [2.75, 3.05) is 0 Å². The molecule has 1 heterocycles. The molecule has 180 valence electrons. The molecule has 0 unspecified atom stereocenters. The number of carbonyl (C=O) groups excluding carboxylic acids is 2. The van der Waals surface area contributed by atoms with Crippen molar-refractivity contribution < 1.29 is 36.8 Å². The van der Waals surface area contributed by atoms with Crippen molar-refractivity contribution in [3.63, 3.8) is 0 Å². The second kappa shape index (κ2) is 9.94. The van der Waals surface area contributed by atoms with Crippen LogP contribution in [-0.2, 0) is 28.8 Å². The first kappa shape index (κ1) is 24.7. The lowest BCUT2D eigenvalue weighted by atomic mass is 10.1. The van der Waals surface area contributed by atoms with Crippen molar-refractivity contribution in [3.05, 3.63) is 71.1 Å². The van der Waals surface area contributed by atoms with E-state index in [-0.39, 0.29) is 30.4 Å². The number of alkyl halides is 3. The molecule has 0 saturated carbocycles. The smallest absolute Gasteiger partial charge is 0.416 e. The predicted octanol–water partition coefficient (Wildman–Crippen LogP) is 5.14. The molecule has 11 heteroatoms. The number of alkyl carbamates (subject to hydrolysis) is 1. The van der Waals surface area contributed by atoms with Gasteiger partial charge in [0.25, 0.3) is 5.89 Å². The largest absolute Gasteiger partial charge is 0.452 e. The summed E-state index contributed by atoms with van der Waals surface area (Å²) in [4.78, 5) is 28.0. The summed E-state index contributed by atoms with van der Waals surface area (Å²) in [5.74, 6) is -0.580. The number of nitrogens with one attached hydrogen (secondary N) is 1. The summed E-state index contributed by atoms with van der Waals surface area (Å²) < 4.78 is 53.3. The highest BCUT2D eigenvalue weighted by atomic mass is 19.4. The van der Waals surface area contributed by atoms with Gasteiger partial charge in [0.05, 0.1) is 11.1 Å². The fraction of sp³-hybridized carbons (Fsp3) is 0.304. The third kappa shape index (κ3) is 7.06. The third-order valence-corrected chi connectivity index (χ3v) is 4.29. The number of carbonyl (C=O) groups is 2. The fourth-order valence-electron chi connectivity index (χ4n) is 2.70. The van der Waals surface area contributed by atoms with Gasteiger partial charge in [0.15, 0.2) is 6.61 Å². The summed E-state index contributed by atoms with van der Waals surface area (Å²) in [7, 11) is 0. The SMILES string of the molecule is CC(C)(C)OC(=O)NCc1ccc(C(=O)OCc2nc(-c3ccc(C(F)(F)F)cc3)no2)cc1. The van der Waals surface area contributed by atoms with Crippen LogP contribution < -0.4 is 5.32 Å². The van der Waals surface area contributed by atoms with Crippen molar-refractivity contribution in [2.45, 2.75) is 45.7 Å². The summed E-state index contributed by atoms with van der Waals surface area (Å²) in [5, 5.41) is 6.31. The van der Waals surface area contributed by atoms with Crippen molar-refractivity contribution in [2.24, 2.45) is 0 Å². The molecule has 0 saturated heterocycles. The van der Waals surface area contributed by atoms with Gasteiger partial charge in [-0.05, 0) is 50.6 Å². The summed E-state index contributed by atoms with van der Waals surface area (Å²) in [5.41, 5.74) is -0.0522. The number of rotatable bonds is 6. The number of nitrogens with zero attached hydrogens (tertiary/aromatic N) is 2. The van der Waals surface area contributed by atoms with Crippen LogP contribution in [0.15, 0.2) is 53.1 Å². The quantitative estimate of drug-likeness (QED) is 0.491. The maximum atomic E-state index is 12.7. The van der Waals surface area contributed by atoms with Gasteiger partial charge in [-0.25, -0.2) is 9.59 Å². The zero-order valence-electron chi connectivity index (χ0n) is 18.6. The Bertz CT molecular complexity index is 1130. The Balaban J connectivity index is 1.51. The molecule has 0 spiro atoms. The molecule has 0 fully saturated rings. The molecular weight excluding hydrogens is 455 g/mol. The summed E-state index contributed by atoms with van der Waals surface area (Å²) in [6, 6.07) is 10.7. The van der Waals surface area contributed by atoms with Gasteiger partial charge in [-0.15, -0.1) is 0 Å². The molecule has 3 aromatic rings. The van der Waals surface area contributed by atoms with Crippen molar-refractivity contribution in [3.8, 4) is 11.4 Å². The number of halogens is 3. The molecule has 34 heavy (non-hydrogen) atoms. The van der Waals surface area contributed by atoms with Crippen LogP contribution in [0.3, 0.4) is 0 Å². The molecule has 0 aliphatic carbocycles. The first-order valence-electron chi connectivity index (χ1n) is 10.1. The Morgan fingerprint density at radius 2 is 1.65 bits per heavy atom. The zero-order valence-corrected chi connectivity index (χ0v) is 18.6. The lowest BCUT2D eigenvalue weighted by molar-refractivity contribution is -0.137. The monoisotopic (exact) mass is 477 g/mol. The first-order valence-corrected chi connectivity index (χ1v) is 10.1. The van der Waals surface area contributed by atoms with Crippen LogP contribution in [0.4, 0.5) is 18.0 Å². The Hall–Kier alpha value is -3.89. The van der Waals surface area contributed by atoms with Gasteiger partial charge in [0.1, 0.15) is 5.60 Å². The Labute approximate surface area is 193 Å². The van der Waals surface area contributed by atoms with Crippen LogP contribution in [0.1, 0.15) is 48.1 Å². The lowest BCUT2D eigenvalue weighted by Crippen LogP contribution is -2.32. The van der Waals surface area contributed by atoms with E-state index in [2.05, 4.69) is 15.5 Å². The lowest BCUT2D eigenvalue weighted by Gasteiger charge is -2.19. The molecule has 0 aliphatic heterocycles. The third-order valence-electron chi connectivity index (χ3n) is 4.29. The molecule has 0 aliphatic rings. The molecule has 1 amide bonds. The van der Waals surface area contributed by atoms with Crippen molar-refractivity contribution >= 4 is 12.1 Å². The van der Waals surface area contributed by atoms with E-state index in [9.17, 15) is 22.8 Å². The molecule has 0 atom stereocenters. The molecule has 3 rings (SSSR count). The topological polar surface area (TPSA) is 104 Å². The Kier molecular flexibility index (Phi) is 7.23. The highest BCUT2D eigenvalue weighted by Gasteiger charge is 2.30. The first-order chi connectivity index (χ1) is 15.9. The average Bonchev–Trinajstić information content (AvgIpc) is 3.24. The van der Waals surface area contributed by atoms with E-state index in [0.717, 1.165) is 17.7 Å². The molecule has 2 aromatic carbocycles. The molecule has 0 radical (unpaired) electrons. The minimum absolute atomic E-state index is 0.0126. The van der Waals surface area contributed by atoms with Crippen LogP contribution in [-0.4, -0.2) is 27.8 Å². The van der Waals surface area contributed by atoms with Crippen LogP contribution in [0, 0.1) is 0 Å². The Morgan fingerprint density at radius 1 is 1.00 bits per heavy atom. The zero-order chi connectivity index (χ0) is 24.9. The van der Waals surface area contributed by atoms with Gasteiger partial charge in [0, 0.05) is 12.1 Å². The van der Waals surface area contributed by atoms with E-state index in [0.29, 0.717) is 5.56 Å². The van der Waals surface area contributed by atoms with Crippen LogP contribution in [0.2, 0.25) is 0 Å². The van der Waals surface area contributed by atoms with Gasteiger partial charge in [-0.2, -0.15) is 18.2 Å². The summed E-state index contributed by atoms with van der Waals surface area (Å²) in [6.07, 6.45) is -4.99. The number of amides is 1. The minimum Gasteiger partial charge on any atom is -0.452 e. The van der Waals surface area contributed by atoms with Gasteiger partial charge in [0.2, 0.25) is 5.82 Å². The van der Waals surface area contributed by atoms with Crippen molar-refractivity contribution in [1.29, 1.82) is 0 Å². The van der Waals surface area contributed by atoms with Gasteiger partial charge < -0.3 is 19.3 Å². The fourth-order valence-corrected chi connectivity index (χ4v) is 2.70. The highest BCUT2D eigenvalue weighted by Crippen LogP contribution is 2.30. The van der Waals surface area contributed by atoms with E-state index in [1.54, 1.807) is 32.9 Å². The number of aromatic nitrogens is 2. The van der Waals surface area contributed by atoms with E-state index >= 15 is 0 Å². The van der Waals surface area contributed by atoms with Crippen LogP contribution in [0.25, 0.3) is 11.4 Å². The van der Waals surface area contributed by atoms with E-state index < -0.39 is 29.4 Å². The minimum atomic E-state index is -4.44. The molecule has 1 N–H and O–H groups in total.